The molecule has 2 aromatic carbocycles. The molecule has 3 N–H and O–H groups in total. The highest BCUT2D eigenvalue weighted by Gasteiger charge is 2.21. The molecule has 1 atom stereocenters. The van der Waals surface area contributed by atoms with Crippen LogP contribution in [0.3, 0.4) is 0 Å². The summed E-state index contributed by atoms with van der Waals surface area (Å²) in [5, 5.41) is 3.32. The molecule has 0 aromatic heterocycles. The number of fused-ring (bicyclic) bond motifs is 1. The normalized spacial score (nSPS) is 18.7. The van der Waals surface area contributed by atoms with Crippen molar-refractivity contribution >= 4 is 17.2 Å². The monoisotopic (exact) mass is 281 g/mol. The van der Waals surface area contributed by atoms with E-state index in [4.69, 9.17) is 10.5 Å². The highest BCUT2D eigenvalue weighted by molar-refractivity contribution is 6.02. The number of nitrogens with one attached hydrogen (secondary N) is 1. The van der Waals surface area contributed by atoms with Gasteiger partial charge in [-0.05, 0) is 37.1 Å². The average Bonchev–Trinajstić information content (AvgIpc) is 2.49. The second-order valence-electron chi connectivity index (χ2n) is 5.14. The van der Waals surface area contributed by atoms with Crippen LogP contribution < -0.4 is 15.8 Å². The minimum absolute atomic E-state index is 0.0723. The lowest BCUT2D eigenvalue weighted by Gasteiger charge is -2.26. The molecule has 108 valence electrons. The van der Waals surface area contributed by atoms with Gasteiger partial charge < -0.3 is 15.8 Å². The second-order valence-corrected chi connectivity index (χ2v) is 5.14. The van der Waals surface area contributed by atoms with Gasteiger partial charge in [-0.15, -0.1) is 0 Å². The maximum Gasteiger partial charge on any atom is 0.153 e. The molecular weight excluding hydrogens is 262 g/mol. The number of nitrogens with two attached hydrogens (primary N) is 1. The van der Waals surface area contributed by atoms with Crippen molar-refractivity contribution in [2.45, 2.75) is 19.4 Å². The fourth-order valence-corrected chi connectivity index (χ4v) is 2.35. The average molecular weight is 281 g/mol. The molecular formula is C17H19N3O. The fraction of sp³-hybridized carbons (Fsp3) is 0.235. The maximum absolute atomic E-state index is 5.85. The molecule has 4 nitrogen and oxygen atoms in total. The van der Waals surface area contributed by atoms with E-state index in [-0.39, 0.29) is 6.10 Å². The number of ether oxygens (including phenoxy) is 1. The predicted molar refractivity (Wildman–Crippen MR) is 87.0 cm³/mol. The van der Waals surface area contributed by atoms with Gasteiger partial charge in [0, 0.05) is 12.2 Å². The van der Waals surface area contributed by atoms with E-state index in [1.807, 2.05) is 43.3 Å². The van der Waals surface area contributed by atoms with Crippen molar-refractivity contribution in [3.05, 3.63) is 54.1 Å². The van der Waals surface area contributed by atoms with Crippen LogP contribution in [0.1, 0.15) is 12.5 Å². The standard InChI is InChI=1S/C17H19N3O/c1-12-17(19-10-9-13-5-3-2-4-6-13)20-15-11-14(18)7-8-16(15)21-12/h2-8,11-12H,9-10,18H2,1H3,(H,19,20). The first-order valence-corrected chi connectivity index (χ1v) is 7.14. The van der Waals surface area contributed by atoms with E-state index in [1.54, 1.807) is 0 Å². The molecule has 0 radical (unpaired) electrons. The fourth-order valence-electron chi connectivity index (χ4n) is 2.35. The quantitative estimate of drug-likeness (QED) is 0.850. The second kappa shape index (κ2) is 5.87. The first-order chi connectivity index (χ1) is 10.2. The van der Waals surface area contributed by atoms with Crippen LogP contribution in [-0.4, -0.2) is 18.5 Å². The Balaban J connectivity index is 1.69. The zero-order valence-corrected chi connectivity index (χ0v) is 12.0. The molecule has 4 heteroatoms. The van der Waals surface area contributed by atoms with E-state index in [9.17, 15) is 0 Å². The van der Waals surface area contributed by atoms with Gasteiger partial charge in [0.1, 0.15) is 11.6 Å². The Labute approximate surface area is 124 Å². The number of nitrogen functional groups attached to an aromatic ring is 1. The highest BCUT2D eigenvalue weighted by Crippen LogP contribution is 2.31. The van der Waals surface area contributed by atoms with Crippen molar-refractivity contribution in [3.8, 4) is 5.75 Å². The number of nitrogens with zero attached hydrogens (tertiary/aromatic N) is 1. The SMILES string of the molecule is CC1Oc2ccc(N)cc2NC1=NCCc1ccccc1. The summed E-state index contributed by atoms with van der Waals surface area (Å²) >= 11 is 0. The van der Waals surface area contributed by atoms with Crippen molar-refractivity contribution in [1.29, 1.82) is 0 Å². The van der Waals surface area contributed by atoms with Crippen molar-refractivity contribution in [1.82, 2.24) is 0 Å². The molecule has 21 heavy (non-hydrogen) atoms. The molecule has 0 saturated heterocycles. The minimum atomic E-state index is -0.0723. The molecule has 2 aromatic rings. The molecule has 0 bridgehead atoms. The zero-order valence-electron chi connectivity index (χ0n) is 12.0. The largest absolute Gasteiger partial charge is 0.481 e. The van der Waals surface area contributed by atoms with Gasteiger partial charge in [0.05, 0.1) is 5.69 Å². The summed E-state index contributed by atoms with van der Waals surface area (Å²) in [7, 11) is 0. The third kappa shape index (κ3) is 3.16. The first kappa shape index (κ1) is 13.5. The number of anilines is 2. The van der Waals surface area contributed by atoms with Crippen LogP contribution in [0.5, 0.6) is 5.75 Å². The van der Waals surface area contributed by atoms with Crippen LogP contribution in [0.15, 0.2) is 53.5 Å². The Morgan fingerprint density at radius 3 is 2.81 bits per heavy atom. The van der Waals surface area contributed by atoms with E-state index in [0.717, 1.165) is 30.2 Å². The summed E-state index contributed by atoms with van der Waals surface area (Å²) in [5.74, 6) is 1.67. The molecule has 1 aliphatic heterocycles. The van der Waals surface area contributed by atoms with Gasteiger partial charge in [-0.1, -0.05) is 30.3 Å². The van der Waals surface area contributed by atoms with Crippen molar-refractivity contribution in [3.63, 3.8) is 0 Å². The minimum Gasteiger partial charge on any atom is -0.481 e. The Bertz CT molecular complexity index is 652. The summed E-state index contributed by atoms with van der Waals surface area (Å²) in [5.41, 5.74) is 8.68. The summed E-state index contributed by atoms with van der Waals surface area (Å²) in [6, 6.07) is 15.9. The molecule has 3 rings (SSSR count). The maximum atomic E-state index is 5.85. The van der Waals surface area contributed by atoms with Crippen LogP contribution >= 0.6 is 0 Å². The Hall–Kier alpha value is -2.49. The molecule has 0 fully saturated rings. The number of amidine groups is 1. The van der Waals surface area contributed by atoms with E-state index < -0.39 is 0 Å². The molecule has 1 aliphatic rings. The lowest BCUT2D eigenvalue weighted by molar-refractivity contribution is 0.282. The Morgan fingerprint density at radius 2 is 2.00 bits per heavy atom. The highest BCUT2D eigenvalue weighted by atomic mass is 16.5. The number of rotatable bonds is 3. The van der Waals surface area contributed by atoms with Crippen LogP contribution in [0.4, 0.5) is 11.4 Å². The molecule has 0 spiro atoms. The molecule has 1 unspecified atom stereocenters. The number of benzene rings is 2. The van der Waals surface area contributed by atoms with Crippen LogP contribution in [-0.2, 0) is 6.42 Å². The summed E-state index contributed by atoms with van der Waals surface area (Å²) in [4.78, 5) is 4.63. The lowest BCUT2D eigenvalue weighted by atomic mass is 10.1. The van der Waals surface area contributed by atoms with E-state index in [0.29, 0.717) is 5.69 Å². The van der Waals surface area contributed by atoms with Gasteiger partial charge in [0.25, 0.3) is 0 Å². The predicted octanol–water partition coefficient (Wildman–Crippen LogP) is 3.10. The summed E-state index contributed by atoms with van der Waals surface area (Å²) in [6.07, 6.45) is 0.847. The third-order valence-electron chi connectivity index (χ3n) is 3.48. The molecule has 0 saturated carbocycles. The lowest BCUT2D eigenvalue weighted by Crippen LogP contribution is -2.35. The number of hydrogen-bond donors (Lipinski definition) is 2. The smallest absolute Gasteiger partial charge is 0.153 e. The number of hydrogen-bond acceptors (Lipinski definition) is 3. The van der Waals surface area contributed by atoms with Gasteiger partial charge in [-0.2, -0.15) is 0 Å². The van der Waals surface area contributed by atoms with Gasteiger partial charge in [-0.25, -0.2) is 0 Å². The van der Waals surface area contributed by atoms with Crippen LogP contribution in [0.2, 0.25) is 0 Å². The van der Waals surface area contributed by atoms with Gasteiger partial charge in [0.15, 0.2) is 6.10 Å². The van der Waals surface area contributed by atoms with Gasteiger partial charge in [-0.3, -0.25) is 4.99 Å². The molecule has 1 heterocycles. The summed E-state index contributed by atoms with van der Waals surface area (Å²) < 4.78 is 5.85. The zero-order chi connectivity index (χ0) is 14.7. The molecule has 0 amide bonds. The van der Waals surface area contributed by atoms with E-state index in [2.05, 4.69) is 22.4 Å². The Kier molecular flexibility index (Phi) is 3.77. The third-order valence-corrected chi connectivity index (χ3v) is 3.48. The van der Waals surface area contributed by atoms with Crippen molar-refractivity contribution in [2.24, 2.45) is 4.99 Å². The van der Waals surface area contributed by atoms with E-state index >= 15 is 0 Å². The Morgan fingerprint density at radius 1 is 1.19 bits per heavy atom. The summed E-state index contributed by atoms with van der Waals surface area (Å²) in [6.45, 7) is 2.73. The van der Waals surface area contributed by atoms with Crippen LogP contribution in [0, 0.1) is 0 Å². The topological polar surface area (TPSA) is 59.6 Å². The van der Waals surface area contributed by atoms with E-state index in [1.165, 1.54) is 5.56 Å². The van der Waals surface area contributed by atoms with Crippen molar-refractivity contribution < 1.29 is 4.74 Å². The van der Waals surface area contributed by atoms with Gasteiger partial charge >= 0.3 is 0 Å². The van der Waals surface area contributed by atoms with Gasteiger partial charge in [0.2, 0.25) is 0 Å². The van der Waals surface area contributed by atoms with Crippen LogP contribution in [0.25, 0.3) is 0 Å². The first-order valence-electron chi connectivity index (χ1n) is 7.14. The van der Waals surface area contributed by atoms with Crippen molar-refractivity contribution in [2.75, 3.05) is 17.6 Å². The molecule has 0 aliphatic carbocycles. The number of aliphatic imine (C=N–C) groups is 1.